The number of aromatic nitrogens is 1. The zero-order valence-electron chi connectivity index (χ0n) is 18.1. The number of unbranched alkanes of at least 4 members (excludes halogenated alkanes) is 3. The van der Waals surface area contributed by atoms with E-state index in [1.54, 1.807) is 6.20 Å². The van der Waals surface area contributed by atoms with Crippen molar-refractivity contribution < 1.29 is 19.1 Å². The summed E-state index contributed by atoms with van der Waals surface area (Å²) in [7, 11) is 0. The number of carbonyl (C=O) groups excluding carboxylic acids is 2. The molecule has 0 spiro atoms. The molecule has 3 amide bonds. The van der Waals surface area contributed by atoms with Crippen LogP contribution < -0.4 is 25.4 Å². The summed E-state index contributed by atoms with van der Waals surface area (Å²) in [5.74, 6) is 2.91. The number of hydrogen-bond acceptors (Lipinski definition) is 5. The summed E-state index contributed by atoms with van der Waals surface area (Å²) >= 11 is 0. The van der Waals surface area contributed by atoms with Gasteiger partial charge in [0.15, 0.2) is 0 Å². The summed E-state index contributed by atoms with van der Waals surface area (Å²) in [5.41, 5.74) is 1.96. The van der Waals surface area contributed by atoms with Crippen LogP contribution >= 0.6 is 0 Å². The highest BCUT2D eigenvalue weighted by atomic mass is 16.5. The summed E-state index contributed by atoms with van der Waals surface area (Å²) in [5, 5.41) is 8.77. The summed E-state index contributed by atoms with van der Waals surface area (Å²) < 4.78 is 12.2. The number of urea groups is 1. The lowest BCUT2D eigenvalue weighted by Crippen LogP contribution is -2.39. The predicted octanol–water partition coefficient (Wildman–Crippen LogP) is 3.86. The number of rotatable bonds is 8. The average Bonchev–Trinajstić information content (AvgIpc) is 3.30. The maximum Gasteiger partial charge on any atom is 0.315 e. The number of ether oxygens (including phenoxy) is 2. The van der Waals surface area contributed by atoms with Crippen molar-refractivity contribution in [1.29, 1.82) is 0 Å². The number of fused-ring (bicyclic) bond motifs is 4. The molecule has 3 N–H and O–H groups in total. The molecule has 1 aliphatic carbocycles. The number of pyridine rings is 1. The highest BCUT2D eigenvalue weighted by molar-refractivity contribution is 5.93. The standard InChI is InChI=1S/C24H28N4O4/c1-2-3-4-5-11-26-24(30)28-21-20-16-13-14(6-8-17(16)32-22(20)21)31-18-10-12-25-23-15(18)7-9-19(29)27-23/h6,8,10,12-13,20-22H,2-5,7,9,11H2,1H3,(H,25,27,29)(H2,26,28,30)/t20-,21-,22-/m0/s1. The molecule has 1 saturated carbocycles. The zero-order chi connectivity index (χ0) is 22.1. The minimum absolute atomic E-state index is 0.0164. The van der Waals surface area contributed by atoms with Crippen molar-refractivity contribution in [2.45, 2.75) is 63.5 Å². The van der Waals surface area contributed by atoms with Crippen LogP contribution in [-0.2, 0) is 11.2 Å². The van der Waals surface area contributed by atoms with E-state index in [4.69, 9.17) is 9.47 Å². The highest BCUT2D eigenvalue weighted by Gasteiger charge is 2.59. The van der Waals surface area contributed by atoms with Gasteiger partial charge < -0.3 is 25.4 Å². The monoisotopic (exact) mass is 436 g/mol. The number of anilines is 1. The lowest BCUT2D eigenvalue weighted by molar-refractivity contribution is -0.116. The van der Waals surface area contributed by atoms with Crippen LogP contribution in [-0.4, -0.2) is 35.6 Å². The van der Waals surface area contributed by atoms with E-state index in [0.717, 1.165) is 29.7 Å². The molecule has 2 aromatic rings. The maximum atomic E-state index is 12.2. The smallest absolute Gasteiger partial charge is 0.315 e. The van der Waals surface area contributed by atoms with Crippen molar-refractivity contribution in [2.24, 2.45) is 0 Å². The van der Waals surface area contributed by atoms with Crippen LogP contribution in [0.4, 0.5) is 10.6 Å². The quantitative estimate of drug-likeness (QED) is 0.546. The van der Waals surface area contributed by atoms with Gasteiger partial charge in [-0.2, -0.15) is 0 Å². The third kappa shape index (κ3) is 4.09. The molecular weight excluding hydrogens is 408 g/mol. The van der Waals surface area contributed by atoms with Gasteiger partial charge in [-0.25, -0.2) is 9.78 Å². The predicted molar refractivity (Wildman–Crippen MR) is 119 cm³/mol. The van der Waals surface area contributed by atoms with Crippen LogP contribution in [0.25, 0.3) is 0 Å². The van der Waals surface area contributed by atoms with E-state index in [1.165, 1.54) is 12.8 Å². The number of amides is 3. The van der Waals surface area contributed by atoms with Gasteiger partial charge in [-0.1, -0.05) is 26.2 Å². The first-order chi connectivity index (χ1) is 15.6. The van der Waals surface area contributed by atoms with E-state index >= 15 is 0 Å². The Kier molecular flexibility index (Phi) is 5.59. The fraction of sp³-hybridized carbons (Fsp3) is 0.458. The number of nitrogens with one attached hydrogen (secondary N) is 3. The maximum absolute atomic E-state index is 12.2. The van der Waals surface area contributed by atoms with Crippen LogP contribution in [0.2, 0.25) is 0 Å². The Labute approximate surface area is 187 Å². The Morgan fingerprint density at radius 1 is 1.25 bits per heavy atom. The van der Waals surface area contributed by atoms with Crippen molar-refractivity contribution in [1.82, 2.24) is 15.6 Å². The molecule has 5 rings (SSSR count). The molecule has 3 heterocycles. The van der Waals surface area contributed by atoms with Gasteiger partial charge in [-0.15, -0.1) is 0 Å². The number of carbonyl (C=O) groups is 2. The topological polar surface area (TPSA) is 102 Å². The fourth-order valence-corrected chi connectivity index (χ4v) is 4.51. The van der Waals surface area contributed by atoms with E-state index in [2.05, 4.69) is 27.9 Å². The second-order valence-corrected chi connectivity index (χ2v) is 8.58. The van der Waals surface area contributed by atoms with Crippen LogP contribution in [0, 0.1) is 0 Å². The molecule has 1 aromatic carbocycles. The van der Waals surface area contributed by atoms with E-state index in [1.807, 2.05) is 24.3 Å². The summed E-state index contributed by atoms with van der Waals surface area (Å²) in [6, 6.07) is 7.44. The van der Waals surface area contributed by atoms with E-state index < -0.39 is 0 Å². The third-order valence-corrected chi connectivity index (χ3v) is 6.27. The van der Waals surface area contributed by atoms with Gasteiger partial charge in [-0.3, -0.25) is 4.79 Å². The Morgan fingerprint density at radius 2 is 2.16 bits per heavy atom. The minimum atomic E-state index is -0.135. The summed E-state index contributed by atoms with van der Waals surface area (Å²) in [6.45, 7) is 2.87. The van der Waals surface area contributed by atoms with Crippen LogP contribution in [0.3, 0.4) is 0 Å². The van der Waals surface area contributed by atoms with Gasteiger partial charge in [0.25, 0.3) is 0 Å². The van der Waals surface area contributed by atoms with Gasteiger partial charge >= 0.3 is 6.03 Å². The lowest BCUT2D eigenvalue weighted by Gasteiger charge is -2.19. The van der Waals surface area contributed by atoms with Crippen molar-refractivity contribution in [3.8, 4) is 17.2 Å². The second kappa shape index (κ2) is 8.68. The molecule has 0 unspecified atom stereocenters. The summed E-state index contributed by atoms with van der Waals surface area (Å²) in [4.78, 5) is 28.1. The number of benzene rings is 1. The Hall–Kier alpha value is -3.29. The molecule has 0 bridgehead atoms. The molecule has 1 aromatic heterocycles. The lowest BCUT2D eigenvalue weighted by atomic mass is 10.1. The molecule has 3 aliphatic rings. The van der Waals surface area contributed by atoms with Gasteiger partial charge in [0.2, 0.25) is 5.91 Å². The molecule has 8 heteroatoms. The molecule has 1 fully saturated rings. The molecule has 2 aliphatic heterocycles. The first kappa shape index (κ1) is 20.6. The third-order valence-electron chi connectivity index (χ3n) is 6.27. The molecule has 168 valence electrons. The Balaban J connectivity index is 1.21. The normalized spacial score (nSPS) is 22.0. The molecule has 32 heavy (non-hydrogen) atoms. The van der Waals surface area contributed by atoms with E-state index in [0.29, 0.717) is 36.7 Å². The van der Waals surface area contributed by atoms with Crippen LogP contribution in [0.5, 0.6) is 17.2 Å². The fourth-order valence-electron chi connectivity index (χ4n) is 4.51. The largest absolute Gasteiger partial charge is 0.487 e. The molecule has 0 radical (unpaired) electrons. The van der Waals surface area contributed by atoms with Gasteiger partial charge in [0, 0.05) is 30.3 Å². The second-order valence-electron chi connectivity index (χ2n) is 8.58. The SMILES string of the molecule is CCCCCCNC(=O)N[C@@H]1[C@H]2Oc3ccc(Oc4ccnc5c4CCC(=O)N5)cc3[C@@H]12. The van der Waals surface area contributed by atoms with Crippen LogP contribution in [0.1, 0.15) is 56.1 Å². The van der Waals surface area contributed by atoms with Crippen molar-refractivity contribution in [3.05, 3.63) is 41.6 Å². The Bertz CT molecular complexity index is 1040. The van der Waals surface area contributed by atoms with E-state index in [9.17, 15) is 9.59 Å². The van der Waals surface area contributed by atoms with Crippen LogP contribution in [0.15, 0.2) is 30.5 Å². The molecule has 0 saturated heterocycles. The highest BCUT2D eigenvalue weighted by Crippen LogP contribution is 2.54. The molecule has 8 nitrogen and oxygen atoms in total. The van der Waals surface area contributed by atoms with Gasteiger partial charge in [-0.05, 0) is 37.1 Å². The average molecular weight is 437 g/mol. The van der Waals surface area contributed by atoms with E-state index in [-0.39, 0.29) is 30.0 Å². The zero-order valence-corrected chi connectivity index (χ0v) is 18.1. The summed E-state index contributed by atoms with van der Waals surface area (Å²) in [6.07, 6.45) is 7.15. The van der Waals surface area contributed by atoms with Crippen molar-refractivity contribution in [2.75, 3.05) is 11.9 Å². The van der Waals surface area contributed by atoms with Crippen molar-refractivity contribution >= 4 is 17.8 Å². The van der Waals surface area contributed by atoms with Gasteiger partial charge in [0.1, 0.15) is 29.2 Å². The molecule has 3 atom stereocenters. The molecular formula is C24H28N4O4. The first-order valence-electron chi connectivity index (χ1n) is 11.4. The van der Waals surface area contributed by atoms with Gasteiger partial charge in [0.05, 0.1) is 12.0 Å². The Morgan fingerprint density at radius 3 is 3.03 bits per heavy atom. The number of nitrogens with zero attached hydrogens (tertiary/aromatic N) is 1. The minimum Gasteiger partial charge on any atom is -0.487 e. The number of hydrogen-bond donors (Lipinski definition) is 3. The first-order valence-corrected chi connectivity index (χ1v) is 11.4. The van der Waals surface area contributed by atoms with Crippen molar-refractivity contribution in [3.63, 3.8) is 0 Å².